The highest BCUT2D eigenvalue weighted by molar-refractivity contribution is 5.95. The smallest absolute Gasteiger partial charge is 0.251 e. The molecule has 0 saturated heterocycles. The highest BCUT2D eigenvalue weighted by Gasteiger charge is 2.17. The van der Waals surface area contributed by atoms with E-state index in [0.717, 1.165) is 16.5 Å². The molecule has 0 aliphatic heterocycles. The number of amides is 1. The van der Waals surface area contributed by atoms with E-state index in [1.165, 1.54) is 21.3 Å². The Morgan fingerprint density at radius 2 is 1.69 bits per heavy atom. The zero-order valence-corrected chi connectivity index (χ0v) is 16.9. The first-order valence-corrected chi connectivity index (χ1v) is 9.17. The number of carbonyl (C=O) groups is 1. The Morgan fingerprint density at radius 1 is 1.00 bits per heavy atom. The van der Waals surface area contributed by atoms with E-state index in [-0.39, 0.29) is 11.5 Å². The molecule has 0 aliphatic rings. The van der Waals surface area contributed by atoms with Crippen LogP contribution < -0.4 is 25.1 Å². The second-order valence-corrected chi connectivity index (χ2v) is 6.63. The molecule has 0 fully saturated rings. The van der Waals surface area contributed by atoms with Crippen LogP contribution in [0.5, 0.6) is 17.2 Å². The zero-order valence-electron chi connectivity index (χ0n) is 16.9. The quantitative estimate of drug-likeness (QED) is 0.641. The third-order valence-corrected chi connectivity index (χ3v) is 4.69. The number of rotatable bonds is 7. The number of aromatic nitrogens is 1. The molecule has 152 valence electrons. The number of carbonyl (C=O) groups excluding carboxylic acids is 1. The first-order chi connectivity index (χ1) is 14.0. The standard InChI is InChI=1S/C22H24N2O5/c1-13-5-6-14-10-15(22(26)24-17(14)9-13)7-8-23-21(25)16-11-18(27-2)20(29-4)19(12-16)28-3/h5-6,9-12H,7-8H2,1-4H3,(H,23,25)(H,24,26). The van der Waals surface area contributed by atoms with Gasteiger partial charge in [0.05, 0.1) is 21.3 Å². The molecule has 29 heavy (non-hydrogen) atoms. The summed E-state index contributed by atoms with van der Waals surface area (Å²) in [6.07, 6.45) is 0.412. The normalized spacial score (nSPS) is 10.6. The van der Waals surface area contributed by atoms with E-state index >= 15 is 0 Å². The number of aromatic amines is 1. The van der Waals surface area contributed by atoms with Gasteiger partial charge in [0.15, 0.2) is 11.5 Å². The fourth-order valence-electron chi connectivity index (χ4n) is 3.17. The number of ether oxygens (including phenoxy) is 3. The van der Waals surface area contributed by atoms with E-state index in [0.29, 0.717) is 41.3 Å². The number of H-pyrrole nitrogens is 1. The lowest BCUT2D eigenvalue weighted by atomic mass is 10.1. The molecule has 0 spiro atoms. The number of fused-ring (bicyclic) bond motifs is 1. The Hall–Kier alpha value is -3.48. The van der Waals surface area contributed by atoms with Gasteiger partial charge in [-0.25, -0.2) is 0 Å². The van der Waals surface area contributed by atoms with Crippen molar-refractivity contribution in [2.24, 2.45) is 0 Å². The lowest BCUT2D eigenvalue weighted by molar-refractivity contribution is 0.0953. The van der Waals surface area contributed by atoms with Crippen LogP contribution in [0.3, 0.4) is 0 Å². The number of pyridine rings is 1. The van der Waals surface area contributed by atoms with Crippen LogP contribution in [0, 0.1) is 6.92 Å². The van der Waals surface area contributed by atoms with Gasteiger partial charge in [-0.1, -0.05) is 12.1 Å². The molecular formula is C22H24N2O5. The summed E-state index contributed by atoms with van der Waals surface area (Å²) >= 11 is 0. The molecule has 0 saturated carbocycles. The van der Waals surface area contributed by atoms with Gasteiger partial charge in [0.2, 0.25) is 5.75 Å². The van der Waals surface area contributed by atoms with Crippen LogP contribution in [0.4, 0.5) is 0 Å². The Labute approximate surface area is 168 Å². The molecule has 0 aliphatic carbocycles. The van der Waals surface area contributed by atoms with Gasteiger partial charge >= 0.3 is 0 Å². The maximum absolute atomic E-state index is 12.6. The van der Waals surface area contributed by atoms with Crippen molar-refractivity contribution in [2.45, 2.75) is 13.3 Å². The SMILES string of the molecule is COc1cc(C(=O)NCCc2cc3ccc(C)cc3[nH]c2=O)cc(OC)c1OC. The Bertz CT molecular complexity index is 1080. The summed E-state index contributed by atoms with van der Waals surface area (Å²) in [6.45, 7) is 2.29. The highest BCUT2D eigenvalue weighted by atomic mass is 16.5. The lowest BCUT2D eigenvalue weighted by Crippen LogP contribution is -2.27. The van der Waals surface area contributed by atoms with E-state index in [1.807, 2.05) is 31.2 Å². The van der Waals surface area contributed by atoms with Gasteiger partial charge in [-0.15, -0.1) is 0 Å². The number of aryl methyl sites for hydroxylation is 1. The second-order valence-electron chi connectivity index (χ2n) is 6.63. The van der Waals surface area contributed by atoms with Gasteiger partial charge in [0.1, 0.15) is 0 Å². The van der Waals surface area contributed by atoms with E-state index in [4.69, 9.17) is 14.2 Å². The Balaban J connectivity index is 1.73. The van der Waals surface area contributed by atoms with Crippen LogP contribution in [0.2, 0.25) is 0 Å². The minimum absolute atomic E-state index is 0.148. The van der Waals surface area contributed by atoms with Crippen molar-refractivity contribution in [1.29, 1.82) is 0 Å². The van der Waals surface area contributed by atoms with Crippen LogP contribution in [0.15, 0.2) is 41.2 Å². The van der Waals surface area contributed by atoms with E-state index in [2.05, 4.69) is 10.3 Å². The molecular weight excluding hydrogens is 372 g/mol. The predicted molar refractivity (Wildman–Crippen MR) is 111 cm³/mol. The predicted octanol–water partition coefficient (Wildman–Crippen LogP) is 2.83. The van der Waals surface area contributed by atoms with Gasteiger partial charge in [0.25, 0.3) is 11.5 Å². The molecule has 2 N–H and O–H groups in total. The summed E-state index contributed by atoms with van der Waals surface area (Å²) in [6, 6.07) is 10.9. The van der Waals surface area contributed by atoms with Crippen LogP contribution in [0.1, 0.15) is 21.5 Å². The van der Waals surface area contributed by atoms with Gasteiger partial charge in [-0.05, 0) is 48.6 Å². The van der Waals surface area contributed by atoms with Crippen molar-refractivity contribution >= 4 is 16.8 Å². The van der Waals surface area contributed by atoms with Gasteiger partial charge in [-0.2, -0.15) is 0 Å². The average Bonchev–Trinajstić information content (AvgIpc) is 2.72. The topological polar surface area (TPSA) is 89.7 Å². The monoisotopic (exact) mass is 396 g/mol. The third-order valence-electron chi connectivity index (χ3n) is 4.69. The first-order valence-electron chi connectivity index (χ1n) is 9.17. The molecule has 0 unspecified atom stereocenters. The van der Waals surface area contributed by atoms with Crippen molar-refractivity contribution in [3.63, 3.8) is 0 Å². The van der Waals surface area contributed by atoms with Crippen molar-refractivity contribution in [2.75, 3.05) is 27.9 Å². The molecule has 0 atom stereocenters. The summed E-state index contributed by atoms with van der Waals surface area (Å²) in [5.41, 5.74) is 2.73. The van der Waals surface area contributed by atoms with E-state index < -0.39 is 0 Å². The molecule has 3 aromatic rings. The number of nitrogens with one attached hydrogen (secondary N) is 2. The van der Waals surface area contributed by atoms with Gasteiger partial charge < -0.3 is 24.5 Å². The maximum Gasteiger partial charge on any atom is 0.251 e. The van der Waals surface area contributed by atoms with Crippen molar-refractivity contribution < 1.29 is 19.0 Å². The third kappa shape index (κ3) is 4.34. The molecule has 0 bridgehead atoms. The molecule has 7 heteroatoms. The van der Waals surface area contributed by atoms with Crippen LogP contribution in [-0.4, -0.2) is 38.8 Å². The molecule has 1 amide bonds. The molecule has 0 radical (unpaired) electrons. The number of benzene rings is 2. The van der Waals surface area contributed by atoms with Crippen molar-refractivity contribution in [3.8, 4) is 17.2 Å². The van der Waals surface area contributed by atoms with Gasteiger partial charge in [0, 0.05) is 23.2 Å². The van der Waals surface area contributed by atoms with E-state index in [9.17, 15) is 9.59 Å². The summed E-state index contributed by atoms with van der Waals surface area (Å²) in [5, 5.41) is 3.79. The second kappa shape index (κ2) is 8.68. The number of hydrogen-bond acceptors (Lipinski definition) is 5. The lowest BCUT2D eigenvalue weighted by Gasteiger charge is -2.14. The fraction of sp³-hybridized carbons (Fsp3) is 0.273. The summed E-state index contributed by atoms with van der Waals surface area (Å²) in [7, 11) is 4.49. The van der Waals surface area contributed by atoms with Crippen LogP contribution in [-0.2, 0) is 6.42 Å². The maximum atomic E-state index is 12.6. The molecule has 2 aromatic carbocycles. The number of hydrogen-bond donors (Lipinski definition) is 2. The molecule has 7 nitrogen and oxygen atoms in total. The van der Waals surface area contributed by atoms with Crippen molar-refractivity contribution in [1.82, 2.24) is 10.3 Å². The molecule has 1 aromatic heterocycles. The zero-order chi connectivity index (χ0) is 21.0. The Morgan fingerprint density at radius 3 is 2.31 bits per heavy atom. The largest absolute Gasteiger partial charge is 0.493 e. The average molecular weight is 396 g/mol. The summed E-state index contributed by atoms with van der Waals surface area (Å²) in [4.78, 5) is 27.8. The fourth-order valence-corrected chi connectivity index (χ4v) is 3.17. The summed E-state index contributed by atoms with van der Waals surface area (Å²) < 4.78 is 15.8. The van der Waals surface area contributed by atoms with Crippen LogP contribution >= 0.6 is 0 Å². The molecule has 1 heterocycles. The van der Waals surface area contributed by atoms with Crippen LogP contribution in [0.25, 0.3) is 10.9 Å². The summed E-state index contributed by atoms with van der Waals surface area (Å²) in [5.74, 6) is 0.929. The highest BCUT2D eigenvalue weighted by Crippen LogP contribution is 2.38. The minimum Gasteiger partial charge on any atom is -0.493 e. The van der Waals surface area contributed by atoms with Crippen molar-refractivity contribution in [3.05, 3.63) is 63.4 Å². The van der Waals surface area contributed by atoms with Gasteiger partial charge in [-0.3, -0.25) is 9.59 Å². The Kier molecular flexibility index (Phi) is 6.07. The van der Waals surface area contributed by atoms with E-state index in [1.54, 1.807) is 12.1 Å². The number of methoxy groups -OCH3 is 3. The minimum atomic E-state index is -0.294. The first kappa shape index (κ1) is 20.3. The molecule has 3 rings (SSSR count).